The first-order valence-corrected chi connectivity index (χ1v) is 10.8. The van der Waals surface area contributed by atoms with Gasteiger partial charge in [-0.1, -0.05) is 38.1 Å². The first-order valence-electron chi connectivity index (χ1n) is 10.8. The van der Waals surface area contributed by atoms with Crippen LogP contribution in [-0.4, -0.2) is 73.7 Å². The van der Waals surface area contributed by atoms with Gasteiger partial charge in [-0.3, -0.25) is 9.59 Å². The van der Waals surface area contributed by atoms with Gasteiger partial charge in [-0.15, -0.1) is 0 Å². The Balaban J connectivity index is 1.69. The van der Waals surface area contributed by atoms with Gasteiger partial charge in [0.2, 0.25) is 0 Å². The van der Waals surface area contributed by atoms with Crippen LogP contribution in [0.25, 0.3) is 0 Å². The number of rotatable bonds is 9. The summed E-state index contributed by atoms with van der Waals surface area (Å²) in [6, 6.07) is 10.6. The van der Waals surface area contributed by atoms with Crippen LogP contribution in [0.15, 0.2) is 36.4 Å². The van der Waals surface area contributed by atoms with Crippen LogP contribution >= 0.6 is 0 Å². The van der Waals surface area contributed by atoms with Gasteiger partial charge in [-0.2, -0.15) is 0 Å². The summed E-state index contributed by atoms with van der Waals surface area (Å²) in [5, 5.41) is 13.7. The van der Waals surface area contributed by atoms with Crippen molar-refractivity contribution in [2.24, 2.45) is 0 Å². The molecule has 2 aromatic carbocycles. The molecule has 164 valence electrons. The first kappa shape index (κ1) is 21.5. The molecule has 2 atom stereocenters. The summed E-state index contributed by atoms with van der Waals surface area (Å²) >= 11 is 0. The van der Waals surface area contributed by atoms with Crippen molar-refractivity contribution in [3.05, 3.63) is 58.7 Å². The average molecular weight is 424 g/mol. The van der Waals surface area contributed by atoms with Gasteiger partial charge in [-0.25, -0.2) is 0 Å². The highest BCUT2D eigenvalue weighted by Gasteiger charge is 2.37. The predicted molar refractivity (Wildman–Crippen MR) is 120 cm³/mol. The predicted octanol–water partition coefficient (Wildman–Crippen LogP) is 2.37. The van der Waals surface area contributed by atoms with Crippen molar-refractivity contribution in [3.63, 3.8) is 0 Å². The fourth-order valence-corrected chi connectivity index (χ4v) is 4.14. The summed E-state index contributed by atoms with van der Waals surface area (Å²) in [6.45, 7) is 7.25. The van der Waals surface area contributed by atoms with Crippen LogP contribution < -0.4 is 10.2 Å². The number of hydrogen-bond acceptors (Lipinski definition) is 7. The Morgan fingerprint density at radius 3 is 2.26 bits per heavy atom. The van der Waals surface area contributed by atoms with Gasteiger partial charge in [-0.05, 0) is 25.2 Å². The number of ketones is 2. The smallest absolute Gasteiger partial charge is 0.196 e. The van der Waals surface area contributed by atoms with Gasteiger partial charge in [0, 0.05) is 37.0 Å². The maximum absolute atomic E-state index is 13.4. The minimum absolute atomic E-state index is 0.0844. The molecule has 2 N–H and O–H groups in total. The summed E-state index contributed by atoms with van der Waals surface area (Å²) in [5.41, 5.74) is 2.84. The van der Waals surface area contributed by atoms with Gasteiger partial charge < -0.3 is 25.0 Å². The Kier molecular flexibility index (Phi) is 6.09. The number of aliphatic hydroxyl groups excluding tert-OH is 1. The Morgan fingerprint density at radius 1 is 1.06 bits per heavy atom. The van der Waals surface area contributed by atoms with E-state index in [0.717, 1.165) is 13.1 Å². The number of hydrogen-bond donors (Lipinski definition) is 2. The molecule has 0 saturated carbocycles. The number of nitrogens with zero attached hydrogens (tertiary/aromatic N) is 2. The van der Waals surface area contributed by atoms with Crippen LogP contribution in [0.2, 0.25) is 0 Å². The summed E-state index contributed by atoms with van der Waals surface area (Å²) in [4.78, 5) is 30.9. The number of benzene rings is 2. The quantitative estimate of drug-likeness (QED) is 0.511. The number of epoxide rings is 1. The molecule has 31 heavy (non-hydrogen) atoms. The fraction of sp³-hybridized carbons (Fsp3) is 0.417. The van der Waals surface area contributed by atoms with Crippen molar-refractivity contribution in [1.29, 1.82) is 0 Å². The largest absolute Gasteiger partial charge is 0.390 e. The third kappa shape index (κ3) is 4.08. The van der Waals surface area contributed by atoms with Crippen LogP contribution in [-0.2, 0) is 4.74 Å². The number of nitrogens with one attached hydrogen (secondary N) is 1. The molecule has 2 aromatic rings. The molecule has 1 fully saturated rings. The van der Waals surface area contributed by atoms with E-state index < -0.39 is 6.10 Å². The summed E-state index contributed by atoms with van der Waals surface area (Å²) in [6.07, 6.45) is -0.682. The zero-order valence-corrected chi connectivity index (χ0v) is 18.2. The highest BCUT2D eigenvalue weighted by atomic mass is 16.6. The van der Waals surface area contributed by atoms with E-state index in [-0.39, 0.29) is 24.3 Å². The van der Waals surface area contributed by atoms with Crippen molar-refractivity contribution >= 4 is 22.9 Å². The molecule has 0 unspecified atom stereocenters. The first-order chi connectivity index (χ1) is 15.0. The maximum atomic E-state index is 13.4. The van der Waals surface area contributed by atoms with E-state index in [0.29, 0.717) is 46.8 Å². The summed E-state index contributed by atoms with van der Waals surface area (Å²) in [7, 11) is 1.87. The number of likely N-dealkylation sites (N-methyl/N-ethyl adjacent to an activating group) is 2. The van der Waals surface area contributed by atoms with E-state index in [2.05, 4.69) is 24.1 Å². The van der Waals surface area contributed by atoms with Crippen LogP contribution in [0, 0.1) is 0 Å². The second kappa shape index (κ2) is 8.78. The van der Waals surface area contributed by atoms with Gasteiger partial charge in [0.15, 0.2) is 17.8 Å². The number of carbonyl (C=O) groups is 2. The molecule has 1 heterocycles. The van der Waals surface area contributed by atoms with Crippen molar-refractivity contribution in [2.45, 2.75) is 26.2 Å². The Bertz CT molecular complexity index is 998. The molecule has 7 nitrogen and oxygen atoms in total. The Hall–Kier alpha value is -2.74. The average Bonchev–Trinajstić information content (AvgIpc) is 3.64. The molecule has 2 aliphatic rings. The number of anilines is 2. The lowest BCUT2D eigenvalue weighted by Gasteiger charge is -2.28. The van der Waals surface area contributed by atoms with E-state index in [4.69, 9.17) is 4.74 Å². The third-order valence-corrected chi connectivity index (χ3v) is 6.07. The molecule has 0 spiro atoms. The standard InChI is InChI=1S/C24H29N3O4/c1-4-27(5-2)13-15(28)12-25-18-10-11-19(26(3)20-14-31-20)22-21(18)23(29)16-8-6-7-9-17(16)24(22)30/h6-11,15,20,25,28H,4-5,12-14H2,1-3H3/t15-,20-/m0/s1. The second-order valence-corrected chi connectivity index (χ2v) is 8.01. The van der Waals surface area contributed by atoms with E-state index in [9.17, 15) is 14.7 Å². The number of carbonyl (C=O) groups excluding carboxylic acids is 2. The van der Waals surface area contributed by atoms with Gasteiger partial charge in [0.05, 0.1) is 29.5 Å². The van der Waals surface area contributed by atoms with E-state index in [1.807, 2.05) is 24.1 Å². The normalized spacial score (nSPS) is 17.9. The van der Waals surface area contributed by atoms with Crippen LogP contribution in [0.5, 0.6) is 0 Å². The van der Waals surface area contributed by atoms with E-state index >= 15 is 0 Å². The van der Waals surface area contributed by atoms with Gasteiger partial charge in [0.25, 0.3) is 0 Å². The molecule has 1 aliphatic carbocycles. The monoisotopic (exact) mass is 423 g/mol. The fourth-order valence-electron chi connectivity index (χ4n) is 4.14. The Labute approximate surface area is 182 Å². The highest BCUT2D eigenvalue weighted by Crippen LogP contribution is 2.39. The maximum Gasteiger partial charge on any atom is 0.196 e. The molecule has 1 saturated heterocycles. The molecular weight excluding hydrogens is 394 g/mol. The lowest BCUT2D eigenvalue weighted by Crippen LogP contribution is -2.36. The lowest BCUT2D eigenvalue weighted by molar-refractivity contribution is 0.0979. The van der Waals surface area contributed by atoms with Crippen LogP contribution in [0.1, 0.15) is 45.7 Å². The topological polar surface area (TPSA) is 85.4 Å². The molecule has 1 aliphatic heterocycles. The van der Waals surface area contributed by atoms with E-state index in [1.54, 1.807) is 24.3 Å². The molecule has 7 heteroatoms. The summed E-state index contributed by atoms with van der Waals surface area (Å²) in [5.74, 6) is -0.349. The third-order valence-electron chi connectivity index (χ3n) is 6.07. The number of aliphatic hydroxyl groups is 1. The van der Waals surface area contributed by atoms with Crippen LogP contribution in [0.4, 0.5) is 11.4 Å². The second-order valence-electron chi connectivity index (χ2n) is 8.01. The van der Waals surface area contributed by atoms with Crippen molar-refractivity contribution < 1.29 is 19.4 Å². The molecule has 0 aromatic heterocycles. The van der Waals surface area contributed by atoms with Gasteiger partial charge in [0.1, 0.15) is 0 Å². The number of ether oxygens (including phenoxy) is 1. The van der Waals surface area contributed by atoms with Crippen molar-refractivity contribution in [3.8, 4) is 0 Å². The molecular formula is C24H29N3O4. The molecule has 0 bridgehead atoms. The molecule has 4 rings (SSSR count). The SMILES string of the molecule is CCN(CC)C[C@@H](O)CNc1ccc(N(C)[C@@H]2CO2)c2c1C(=O)c1ccccc1C2=O. The number of fused-ring (bicyclic) bond motifs is 2. The summed E-state index contributed by atoms with van der Waals surface area (Å²) < 4.78 is 5.39. The van der Waals surface area contributed by atoms with Crippen LogP contribution in [0.3, 0.4) is 0 Å². The van der Waals surface area contributed by atoms with Crippen molar-refractivity contribution in [1.82, 2.24) is 4.90 Å². The highest BCUT2D eigenvalue weighted by molar-refractivity contribution is 6.32. The molecule has 0 radical (unpaired) electrons. The minimum atomic E-state index is -0.598. The van der Waals surface area contributed by atoms with Crippen molar-refractivity contribution in [2.75, 3.05) is 50.1 Å². The molecule has 0 amide bonds. The Morgan fingerprint density at radius 2 is 1.68 bits per heavy atom. The lowest BCUT2D eigenvalue weighted by atomic mass is 9.82. The van der Waals surface area contributed by atoms with E-state index in [1.165, 1.54) is 0 Å². The zero-order chi connectivity index (χ0) is 22.1. The minimum Gasteiger partial charge on any atom is -0.390 e. The zero-order valence-electron chi connectivity index (χ0n) is 18.2. The van der Waals surface area contributed by atoms with Gasteiger partial charge >= 0.3 is 0 Å².